The van der Waals surface area contributed by atoms with Crippen LogP contribution in [0.1, 0.15) is 44.5 Å². The van der Waals surface area contributed by atoms with E-state index < -0.39 is 11.4 Å². The highest BCUT2D eigenvalue weighted by Crippen LogP contribution is 2.37. The lowest BCUT2D eigenvalue weighted by Crippen LogP contribution is -2.56. The lowest BCUT2D eigenvalue weighted by Gasteiger charge is -2.45. The van der Waals surface area contributed by atoms with Crippen LogP contribution in [0.5, 0.6) is 0 Å². The molecule has 2 atom stereocenters. The number of thioether (sulfide) groups is 1. The van der Waals surface area contributed by atoms with Crippen LogP contribution in [0.2, 0.25) is 0 Å². The molecule has 1 aromatic rings. The molecular weight excluding hydrogens is 363 g/mol. The van der Waals surface area contributed by atoms with Gasteiger partial charge in [-0.25, -0.2) is 4.98 Å². The number of halogens is 3. The molecule has 0 radical (unpaired) electrons. The third-order valence-corrected chi connectivity index (χ3v) is 5.38. The zero-order chi connectivity index (χ0) is 19.5. The number of nitrogens with zero attached hydrogens (tertiary/aromatic N) is 2. The summed E-state index contributed by atoms with van der Waals surface area (Å²) in [6.07, 6.45) is 2.44. The second-order valence-electron chi connectivity index (χ2n) is 7.75. The molecule has 2 heterocycles. The number of piperidine rings is 1. The summed E-state index contributed by atoms with van der Waals surface area (Å²) >= 11 is -0.365. The smallest absolute Gasteiger partial charge is 0.350 e. The monoisotopic (exact) mass is 389 g/mol. The highest BCUT2D eigenvalue weighted by atomic mass is 32.2. The second kappa shape index (κ2) is 8.17. The van der Waals surface area contributed by atoms with Gasteiger partial charge in [-0.3, -0.25) is 9.69 Å². The molecule has 2 rings (SSSR count). The molecule has 1 saturated heterocycles. The van der Waals surface area contributed by atoms with E-state index in [-0.39, 0.29) is 27.9 Å². The summed E-state index contributed by atoms with van der Waals surface area (Å²) in [5, 5.41) is 2.47. The van der Waals surface area contributed by atoms with Crippen LogP contribution in [0.15, 0.2) is 23.4 Å². The average molecular weight is 389 g/mol. The number of hydrogen-bond acceptors (Lipinski definition) is 4. The van der Waals surface area contributed by atoms with E-state index in [1.807, 2.05) is 13.8 Å². The van der Waals surface area contributed by atoms with Crippen LogP contribution < -0.4 is 5.32 Å². The predicted octanol–water partition coefficient (Wildman–Crippen LogP) is 4.18. The largest absolute Gasteiger partial charge is 0.447 e. The van der Waals surface area contributed by atoms with Gasteiger partial charge in [0.05, 0.1) is 5.56 Å². The van der Waals surface area contributed by atoms with Crippen molar-refractivity contribution in [3.8, 4) is 0 Å². The van der Waals surface area contributed by atoms with Gasteiger partial charge < -0.3 is 5.32 Å². The SMILES string of the molecule is CC1CC(C)CN(C(C)(C)CNC(=O)c2cccnc2SC(F)(F)F)C1. The minimum atomic E-state index is -4.48. The van der Waals surface area contributed by atoms with Crippen molar-refractivity contribution in [3.63, 3.8) is 0 Å². The first kappa shape index (κ1) is 21.0. The molecule has 2 unspecified atom stereocenters. The molecule has 1 fully saturated rings. The molecule has 0 aliphatic carbocycles. The van der Waals surface area contributed by atoms with Crippen LogP contribution in [0.3, 0.4) is 0 Å². The molecule has 1 amide bonds. The molecule has 0 saturated carbocycles. The zero-order valence-electron chi connectivity index (χ0n) is 15.6. The van der Waals surface area contributed by atoms with Gasteiger partial charge >= 0.3 is 5.51 Å². The number of carbonyl (C=O) groups is 1. The van der Waals surface area contributed by atoms with Gasteiger partial charge in [0.25, 0.3) is 5.91 Å². The molecule has 1 aromatic heterocycles. The van der Waals surface area contributed by atoms with Gasteiger partial charge in [-0.2, -0.15) is 13.2 Å². The lowest BCUT2D eigenvalue weighted by atomic mass is 9.88. The first-order valence-electron chi connectivity index (χ1n) is 8.72. The van der Waals surface area contributed by atoms with Gasteiger partial charge in [0, 0.05) is 43.1 Å². The van der Waals surface area contributed by atoms with Crippen LogP contribution >= 0.6 is 11.8 Å². The summed E-state index contributed by atoms with van der Waals surface area (Å²) in [7, 11) is 0. The quantitative estimate of drug-likeness (QED) is 0.768. The number of aromatic nitrogens is 1. The van der Waals surface area contributed by atoms with Crippen molar-refractivity contribution < 1.29 is 18.0 Å². The van der Waals surface area contributed by atoms with Crippen molar-refractivity contribution in [2.24, 2.45) is 11.8 Å². The lowest BCUT2D eigenvalue weighted by molar-refractivity contribution is -0.0329. The van der Waals surface area contributed by atoms with Crippen LogP contribution in [-0.4, -0.2) is 46.5 Å². The van der Waals surface area contributed by atoms with Crippen molar-refractivity contribution in [1.29, 1.82) is 0 Å². The third-order valence-electron chi connectivity index (χ3n) is 4.63. The number of carbonyl (C=O) groups excluding carboxylic acids is 1. The van der Waals surface area contributed by atoms with E-state index in [0.717, 1.165) is 13.1 Å². The normalized spacial score (nSPS) is 22.3. The molecular formula is C18H26F3N3OS. The van der Waals surface area contributed by atoms with Gasteiger partial charge in [0.2, 0.25) is 0 Å². The first-order chi connectivity index (χ1) is 12.0. The Morgan fingerprint density at radius 1 is 1.31 bits per heavy atom. The molecule has 1 aliphatic rings. The Morgan fingerprint density at radius 2 is 1.92 bits per heavy atom. The highest BCUT2D eigenvalue weighted by Gasteiger charge is 2.34. The number of hydrogen-bond donors (Lipinski definition) is 1. The van der Waals surface area contributed by atoms with Gasteiger partial charge in [-0.15, -0.1) is 0 Å². The molecule has 0 spiro atoms. The first-order valence-corrected chi connectivity index (χ1v) is 9.53. The Kier molecular flexibility index (Phi) is 6.60. The molecule has 1 N–H and O–H groups in total. The van der Waals surface area contributed by atoms with Crippen molar-refractivity contribution in [3.05, 3.63) is 23.9 Å². The number of alkyl halides is 3. The van der Waals surface area contributed by atoms with Crippen molar-refractivity contribution >= 4 is 17.7 Å². The number of rotatable bonds is 5. The predicted molar refractivity (Wildman–Crippen MR) is 97.1 cm³/mol. The number of amides is 1. The Morgan fingerprint density at radius 3 is 2.50 bits per heavy atom. The Balaban J connectivity index is 2.04. The highest BCUT2D eigenvalue weighted by molar-refractivity contribution is 8.00. The van der Waals surface area contributed by atoms with Crippen molar-refractivity contribution in [2.45, 2.75) is 50.2 Å². The van der Waals surface area contributed by atoms with Crippen LogP contribution in [-0.2, 0) is 0 Å². The fourth-order valence-corrected chi connectivity index (χ4v) is 4.02. The van der Waals surface area contributed by atoms with E-state index >= 15 is 0 Å². The summed E-state index contributed by atoms with van der Waals surface area (Å²) in [5.41, 5.74) is -4.81. The maximum atomic E-state index is 12.7. The molecule has 1 aliphatic heterocycles. The van der Waals surface area contributed by atoms with Gasteiger partial charge in [-0.1, -0.05) is 13.8 Å². The maximum absolute atomic E-state index is 12.7. The van der Waals surface area contributed by atoms with Crippen molar-refractivity contribution in [1.82, 2.24) is 15.2 Å². The van der Waals surface area contributed by atoms with Crippen molar-refractivity contribution in [2.75, 3.05) is 19.6 Å². The second-order valence-corrected chi connectivity index (χ2v) is 8.80. The molecule has 4 nitrogen and oxygen atoms in total. The summed E-state index contributed by atoms with van der Waals surface area (Å²) in [5.74, 6) is 0.639. The molecule has 0 bridgehead atoms. The van der Waals surface area contributed by atoms with Crippen LogP contribution in [0.25, 0.3) is 0 Å². The standard InChI is InChI=1S/C18H26F3N3OS/c1-12-8-13(2)10-24(9-12)17(3,4)11-23-15(25)14-6-5-7-22-16(14)26-18(19,20)21/h5-7,12-13H,8-11H2,1-4H3,(H,23,25). The van der Waals surface area contributed by atoms with E-state index in [1.54, 1.807) is 0 Å². The zero-order valence-corrected chi connectivity index (χ0v) is 16.4. The molecule has 0 aromatic carbocycles. The fraction of sp³-hybridized carbons (Fsp3) is 0.667. The molecule has 26 heavy (non-hydrogen) atoms. The third kappa shape index (κ3) is 5.87. The minimum Gasteiger partial charge on any atom is -0.350 e. The van der Waals surface area contributed by atoms with Gasteiger partial charge in [-0.05, 0) is 44.2 Å². The molecule has 146 valence electrons. The summed E-state index contributed by atoms with van der Waals surface area (Å²) < 4.78 is 38.0. The van der Waals surface area contributed by atoms with E-state index in [1.165, 1.54) is 24.8 Å². The van der Waals surface area contributed by atoms with E-state index in [4.69, 9.17) is 0 Å². The maximum Gasteiger partial charge on any atom is 0.447 e. The summed E-state index contributed by atoms with van der Waals surface area (Å²) in [6, 6.07) is 2.84. The van der Waals surface area contributed by atoms with E-state index in [0.29, 0.717) is 18.4 Å². The van der Waals surface area contributed by atoms with E-state index in [9.17, 15) is 18.0 Å². The van der Waals surface area contributed by atoms with Crippen LogP contribution in [0.4, 0.5) is 13.2 Å². The summed E-state index contributed by atoms with van der Waals surface area (Å²) in [4.78, 5) is 18.5. The van der Waals surface area contributed by atoms with Crippen LogP contribution in [0, 0.1) is 11.8 Å². The number of nitrogens with one attached hydrogen (secondary N) is 1. The average Bonchev–Trinajstić information content (AvgIpc) is 2.51. The number of likely N-dealkylation sites (tertiary alicyclic amines) is 1. The Hall–Kier alpha value is -1.28. The topological polar surface area (TPSA) is 45.2 Å². The molecule has 8 heteroatoms. The number of pyridine rings is 1. The Labute approximate surface area is 156 Å². The van der Waals surface area contributed by atoms with Gasteiger partial charge in [0.15, 0.2) is 0 Å². The van der Waals surface area contributed by atoms with E-state index in [2.05, 4.69) is 29.0 Å². The van der Waals surface area contributed by atoms with Gasteiger partial charge in [0.1, 0.15) is 5.03 Å². The minimum absolute atomic E-state index is 0.0500. The fourth-order valence-electron chi connectivity index (χ4n) is 3.42. The summed E-state index contributed by atoms with van der Waals surface area (Å²) in [6.45, 7) is 10.8. The Bertz CT molecular complexity index is 626.